The molecule has 22 heavy (non-hydrogen) atoms. The first-order chi connectivity index (χ1) is 10.7. The molecule has 0 saturated carbocycles. The molecule has 5 heteroatoms. The number of aromatic hydroxyl groups is 1. The van der Waals surface area contributed by atoms with Gasteiger partial charge >= 0.3 is 6.09 Å². The number of alkyl carbamates (subject to hydrolysis) is 1. The Morgan fingerprint density at radius 1 is 1.05 bits per heavy atom. The number of ether oxygens (including phenoxy) is 1. The number of benzene rings is 2. The first-order valence-corrected chi connectivity index (χ1v) is 7.03. The molecular weight excluding hydrogens is 282 g/mol. The van der Waals surface area contributed by atoms with Crippen LogP contribution < -0.4 is 5.32 Å². The minimum Gasteiger partial charge on any atom is -0.508 e. The molecule has 0 fully saturated rings. The molecule has 0 aliphatic heterocycles. The third kappa shape index (κ3) is 5.10. The Balaban J connectivity index is 1.81. The number of amides is 1. The predicted molar refractivity (Wildman–Crippen MR) is 82.4 cm³/mol. The van der Waals surface area contributed by atoms with Crippen molar-refractivity contribution in [2.75, 3.05) is 6.61 Å². The van der Waals surface area contributed by atoms with Gasteiger partial charge in [-0.05, 0) is 29.7 Å². The van der Waals surface area contributed by atoms with Crippen LogP contribution in [0.3, 0.4) is 0 Å². The minimum atomic E-state index is -0.568. The highest BCUT2D eigenvalue weighted by molar-refractivity contribution is 5.67. The molecule has 0 radical (unpaired) electrons. The summed E-state index contributed by atoms with van der Waals surface area (Å²) in [5.41, 5.74) is 1.80. The highest BCUT2D eigenvalue weighted by Gasteiger charge is 2.13. The number of carbonyl (C=O) groups is 1. The fraction of sp³-hybridized carbons (Fsp3) is 0.235. The zero-order valence-electron chi connectivity index (χ0n) is 12.1. The minimum absolute atomic E-state index is 0.180. The molecule has 0 unspecified atom stereocenters. The van der Waals surface area contributed by atoms with E-state index in [0.29, 0.717) is 6.42 Å². The lowest BCUT2D eigenvalue weighted by molar-refractivity contribution is 0.129. The van der Waals surface area contributed by atoms with E-state index < -0.39 is 12.1 Å². The molecule has 5 nitrogen and oxygen atoms in total. The van der Waals surface area contributed by atoms with Crippen LogP contribution in [0.15, 0.2) is 54.6 Å². The Bertz CT molecular complexity index is 583. The van der Waals surface area contributed by atoms with Crippen LogP contribution in [0.25, 0.3) is 0 Å². The highest BCUT2D eigenvalue weighted by atomic mass is 16.5. The van der Waals surface area contributed by atoms with Gasteiger partial charge in [0.15, 0.2) is 0 Å². The molecule has 0 saturated heterocycles. The summed E-state index contributed by atoms with van der Waals surface area (Å²) in [5, 5.41) is 21.2. The van der Waals surface area contributed by atoms with Crippen molar-refractivity contribution in [1.82, 2.24) is 5.32 Å². The number of nitrogens with one attached hydrogen (secondary N) is 1. The van der Waals surface area contributed by atoms with Gasteiger partial charge in [0.05, 0.1) is 12.6 Å². The van der Waals surface area contributed by atoms with Crippen molar-refractivity contribution < 1.29 is 19.7 Å². The molecule has 116 valence electrons. The normalized spacial score (nSPS) is 11.7. The van der Waals surface area contributed by atoms with Crippen molar-refractivity contribution in [3.63, 3.8) is 0 Å². The summed E-state index contributed by atoms with van der Waals surface area (Å²) in [6, 6.07) is 15.6. The molecule has 2 aromatic rings. The second-order valence-corrected chi connectivity index (χ2v) is 4.96. The summed E-state index contributed by atoms with van der Waals surface area (Å²) in [7, 11) is 0. The summed E-state index contributed by atoms with van der Waals surface area (Å²) in [5.74, 6) is 0.180. The van der Waals surface area contributed by atoms with Crippen LogP contribution in [0.4, 0.5) is 4.79 Å². The second-order valence-electron chi connectivity index (χ2n) is 4.96. The SMILES string of the molecule is O=C(N[C@H](CO)Cc1ccc(O)cc1)OCc1ccccc1. The quantitative estimate of drug-likeness (QED) is 0.764. The van der Waals surface area contributed by atoms with E-state index in [1.54, 1.807) is 24.3 Å². The fourth-order valence-corrected chi connectivity index (χ4v) is 2.01. The van der Waals surface area contributed by atoms with E-state index in [1.165, 1.54) is 0 Å². The van der Waals surface area contributed by atoms with Gasteiger partial charge in [-0.3, -0.25) is 0 Å². The number of aliphatic hydroxyl groups excluding tert-OH is 1. The molecule has 0 aromatic heterocycles. The fourth-order valence-electron chi connectivity index (χ4n) is 2.01. The number of hydrogen-bond donors (Lipinski definition) is 3. The summed E-state index contributed by atoms with van der Waals surface area (Å²) in [6.07, 6.45) is -0.112. The van der Waals surface area contributed by atoms with Gasteiger partial charge in [0.2, 0.25) is 0 Å². The van der Waals surface area contributed by atoms with Gasteiger partial charge in [-0.2, -0.15) is 0 Å². The zero-order chi connectivity index (χ0) is 15.8. The maximum absolute atomic E-state index is 11.7. The number of phenols is 1. The highest BCUT2D eigenvalue weighted by Crippen LogP contribution is 2.11. The van der Waals surface area contributed by atoms with Crippen LogP contribution in [0, 0.1) is 0 Å². The Labute approximate surface area is 129 Å². The standard InChI is InChI=1S/C17H19NO4/c19-11-15(10-13-6-8-16(20)9-7-13)18-17(21)22-12-14-4-2-1-3-5-14/h1-9,15,19-20H,10-12H2,(H,18,21)/t15-/m0/s1. The van der Waals surface area contributed by atoms with Crippen molar-refractivity contribution in [1.29, 1.82) is 0 Å². The molecular formula is C17H19NO4. The van der Waals surface area contributed by atoms with Crippen LogP contribution in [0.1, 0.15) is 11.1 Å². The molecule has 0 spiro atoms. The molecule has 2 aromatic carbocycles. The van der Waals surface area contributed by atoms with Gasteiger partial charge in [-0.1, -0.05) is 42.5 Å². The molecule has 0 aliphatic rings. The van der Waals surface area contributed by atoms with E-state index in [4.69, 9.17) is 4.74 Å². The predicted octanol–water partition coefficient (Wildman–Crippen LogP) is 2.22. The van der Waals surface area contributed by atoms with Crippen LogP contribution >= 0.6 is 0 Å². The topological polar surface area (TPSA) is 78.8 Å². The van der Waals surface area contributed by atoms with Crippen molar-refractivity contribution in [3.8, 4) is 5.75 Å². The van der Waals surface area contributed by atoms with Crippen LogP contribution in [0.5, 0.6) is 5.75 Å². The summed E-state index contributed by atoms with van der Waals surface area (Å²) in [4.78, 5) is 11.7. The van der Waals surface area contributed by atoms with Gasteiger partial charge in [0.1, 0.15) is 12.4 Å². The molecule has 0 bridgehead atoms. The van der Waals surface area contributed by atoms with Crippen molar-refractivity contribution in [2.45, 2.75) is 19.1 Å². The van der Waals surface area contributed by atoms with Gasteiger partial charge in [-0.15, -0.1) is 0 Å². The first kappa shape index (κ1) is 15.9. The molecule has 0 aliphatic carbocycles. The molecule has 3 N–H and O–H groups in total. The van der Waals surface area contributed by atoms with Crippen molar-refractivity contribution in [2.24, 2.45) is 0 Å². The number of rotatable bonds is 6. The average molecular weight is 301 g/mol. The lowest BCUT2D eigenvalue weighted by Crippen LogP contribution is -2.39. The first-order valence-electron chi connectivity index (χ1n) is 7.03. The Morgan fingerprint density at radius 3 is 2.36 bits per heavy atom. The number of phenolic OH excluding ortho intramolecular Hbond substituents is 1. The Kier molecular flexibility index (Phi) is 5.80. The summed E-state index contributed by atoms with van der Waals surface area (Å²) >= 11 is 0. The van der Waals surface area contributed by atoms with Crippen molar-refractivity contribution >= 4 is 6.09 Å². The van der Waals surface area contributed by atoms with E-state index >= 15 is 0 Å². The van der Waals surface area contributed by atoms with E-state index in [2.05, 4.69) is 5.32 Å². The number of aliphatic hydroxyl groups is 1. The van der Waals surface area contributed by atoms with Gasteiger partial charge in [0, 0.05) is 0 Å². The number of hydrogen-bond acceptors (Lipinski definition) is 4. The Hall–Kier alpha value is -2.53. The third-order valence-electron chi connectivity index (χ3n) is 3.17. The molecule has 0 heterocycles. The van der Waals surface area contributed by atoms with E-state index in [0.717, 1.165) is 11.1 Å². The zero-order valence-corrected chi connectivity index (χ0v) is 12.1. The lowest BCUT2D eigenvalue weighted by Gasteiger charge is -2.16. The molecule has 1 atom stereocenters. The van der Waals surface area contributed by atoms with Gasteiger partial charge in [0.25, 0.3) is 0 Å². The Morgan fingerprint density at radius 2 is 1.73 bits per heavy atom. The number of carbonyl (C=O) groups excluding carboxylic acids is 1. The maximum atomic E-state index is 11.7. The smallest absolute Gasteiger partial charge is 0.407 e. The lowest BCUT2D eigenvalue weighted by atomic mass is 10.1. The monoisotopic (exact) mass is 301 g/mol. The maximum Gasteiger partial charge on any atom is 0.407 e. The molecule has 2 rings (SSSR count). The van der Waals surface area contributed by atoms with Crippen molar-refractivity contribution in [3.05, 3.63) is 65.7 Å². The summed E-state index contributed by atoms with van der Waals surface area (Å²) in [6.45, 7) is -0.00859. The van der Waals surface area contributed by atoms with Gasteiger partial charge in [-0.25, -0.2) is 4.79 Å². The van der Waals surface area contributed by atoms with Crippen LogP contribution in [-0.2, 0) is 17.8 Å². The average Bonchev–Trinajstić information content (AvgIpc) is 2.55. The van der Waals surface area contributed by atoms with Crippen LogP contribution in [0.2, 0.25) is 0 Å². The van der Waals surface area contributed by atoms with Crippen LogP contribution in [-0.4, -0.2) is 29.0 Å². The third-order valence-corrected chi connectivity index (χ3v) is 3.17. The molecule has 1 amide bonds. The second kappa shape index (κ2) is 8.05. The largest absolute Gasteiger partial charge is 0.508 e. The van der Waals surface area contributed by atoms with E-state index in [1.807, 2.05) is 30.3 Å². The summed E-state index contributed by atoms with van der Waals surface area (Å²) < 4.78 is 5.12. The van der Waals surface area contributed by atoms with E-state index in [-0.39, 0.29) is 19.0 Å². The van der Waals surface area contributed by atoms with E-state index in [9.17, 15) is 15.0 Å². The van der Waals surface area contributed by atoms with Gasteiger partial charge < -0.3 is 20.3 Å².